The molecule has 4 aliphatic carbocycles. The summed E-state index contributed by atoms with van der Waals surface area (Å²) in [7, 11) is 0. The standard InChI is InChI=1S/C66H52N6/c1-42-15-11-20-47(35-42)52-33-31-50(39-62(52)71-58-27-7-3-23-54(58)55-24-4-8-28-59(55)71)65-68-64(49-22-14-19-46(38-49)45-18-13-17-44(37-45)41-67)69-66(70-65)51-32-34-53(48-21-12-16-43(2)36-48)63(40-51)72-60-29-9-5-25-56(60)57-26-6-10-30-61(57)72/h7-22,27-40H,3-6,23-26H2,1-2H3. The van der Waals surface area contributed by atoms with Crippen LogP contribution in [0.15, 0.2) is 158 Å². The molecule has 0 spiro atoms. The van der Waals surface area contributed by atoms with E-state index >= 15 is 0 Å². The predicted molar refractivity (Wildman–Crippen MR) is 295 cm³/mol. The Morgan fingerprint density at radius 3 is 1.19 bits per heavy atom. The second-order valence-corrected chi connectivity index (χ2v) is 19.7. The van der Waals surface area contributed by atoms with Gasteiger partial charge in [-0.2, -0.15) is 5.26 Å². The van der Waals surface area contributed by atoms with E-state index in [1.54, 1.807) is 0 Å². The summed E-state index contributed by atoms with van der Waals surface area (Å²) in [4.78, 5) is 16.3. The van der Waals surface area contributed by atoms with E-state index in [1.807, 2.05) is 24.3 Å². The summed E-state index contributed by atoms with van der Waals surface area (Å²) in [6, 6.07) is 49.6. The summed E-state index contributed by atoms with van der Waals surface area (Å²) in [6.45, 7) is 4.33. The van der Waals surface area contributed by atoms with Gasteiger partial charge in [0.1, 0.15) is 0 Å². The highest BCUT2D eigenvalue weighted by molar-refractivity contribution is 5.84. The Kier molecular flexibility index (Phi) is 10.8. The molecular weight excluding hydrogens is 877 g/mol. The van der Waals surface area contributed by atoms with Gasteiger partial charge in [-0.1, -0.05) is 139 Å². The number of fused-ring (bicyclic) bond motifs is 6. The third-order valence-corrected chi connectivity index (χ3v) is 15.0. The Balaban J connectivity index is 1.05. The maximum Gasteiger partial charge on any atom is 0.164 e. The predicted octanol–water partition coefficient (Wildman–Crippen LogP) is 15.8. The summed E-state index contributed by atoms with van der Waals surface area (Å²) < 4.78 is 4.99. The zero-order valence-electron chi connectivity index (χ0n) is 40.7. The van der Waals surface area contributed by atoms with Gasteiger partial charge in [0.2, 0.25) is 0 Å². The van der Waals surface area contributed by atoms with Gasteiger partial charge in [-0.05, 0) is 164 Å². The lowest BCUT2D eigenvalue weighted by atomic mass is 9.94. The van der Waals surface area contributed by atoms with E-state index < -0.39 is 0 Å². The Labute approximate surface area is 421 Å². The second kappa shape index (κ2) is 17.9. The van der Waals surface area contributed by atoms with E-state index in [2.05, 4.69) is 187 Å². The molecular formula is C66H52N6. The molecule has 346 valence electrons. The van der Waals surface area contributed by atoms with Gasteiger partial charge in [0, 0.05) is 50.6 Å². The fraction of sp³-hybridized carbons (Fsp3) is 0.152. The second-order valence-electron chi connectivity index (χ2n) is 19.7. The van der Waals surface area contributed by atoms with E-state index in [0.29, 0.717) is 23.0 Å². The van der Waals surface area contributed by atoms with Gasteiger partial charge in [0.15, 0.2) is 17.5 Å². The van der Waals surface area contributed by atoms with Crippen molar-refractivity contribution in [2.75, 3.05) is 0 Å². The van der Waals surface area contributed by atoms with Crippen molar-refractivity contribution >= 4 is 24.3 Å². The van der Waals surface area contributed by atoms with E-state index in [1.165, 1.54) is 67.3 Å². The van der Waals surface area contributed by atoms with Crippen LogP contribution in [0.4, 0.5) is 0 Å². The van der Waals surface area contributed by atoms with E-state index in [4.69, 9.17) is 15.0 Å². The third kappa shape index (κ3) is 7.61. The Bertz CT molecular complexity index is 3580. The number of benzene rings is 6. The van der Waals surface area contributed by atoms with Crippen LogP contribution in [0.3, 0.4) is 0 Å². The number of hydrogen-bond acceptors (Lipinski definition) is 4. The molecule has 0 saturated carbocycles. The SMILES string of the molecule is Cc1cccc(-c2ccc(-c3nc(-c4cccc(-c5cccc(C#N)c5)c4)nc(-c4ccc(-c5cccc(C)c5)c(-n5c6c(c7c5C=CCC7)CCC=C6)c4)n3)cc2-n2c3c(c4c2C=CCC4)CCC=C3)c1. The number of nitrogens with zero attached hydrogens (tertiary/aromatic N) is 6. The first-order valence-corrected chi connectivity index (χ1v) is 25.5. The molecule has 0 radical (unpaired) electrons. The van der Waals surface area contributed by atoms with Crippen molar-refractivity contribution in [3.05, 3.63) is 219 Å². The van der Waals surface area contributed by atoms with Crippen molar-refractivity contribution in [1.29, 1.82) is 5.26 Å². The monoisotopic (exact) mass is 928 g/mol. The van der Waals surface area contributed by atoms with Crippen LogP contribution in [0.1, 0.15) is 87.4 Å². The van der Waals surface area contributed by atoms with E-state index in [-0.39, 0.29) is 0 Å². The van der Waals surface area contributed by atoms with Crippen LogP contribution in [0.25, 0.3) is 103 Å². The highest BCUT2D eigenvalue weighted by Crippen LogP contribution is 2.43. The van der Waals surface area contributed by atoms with Gasteiger partial charge in [-0.15, -0.1) is 0 Å². The number of hydrogen-bond donors (Lipinski definition) is 0. The van der Waals surface area contributed by atoms with E-state index in [9.17, 15) is 5.26 Å². The molecule has 6 heteroatoms. The first-order chi connectivity index (χ1) is 35.5. The number of aryl methyl sites for hydroxylation is 2. The maximum atomic E-state index is 9.81. The molecule has 13 rings (SSSR count). The number of rotatable bonds is 8. The van der Waals surface area contributed by atoms with Crippen molar-refractivity contribution in [1.82, 2.24) is 24.1 Å². The molecule has 4 aliphatic rings. The number of aromatic nitrogens is 5. The molecule has 0 saturated heterocycles. The molecule has 0 N–H and O–H groups in total. The average molecular weight is 929 g/mol. The van der Waals surface area contributed by atoms with Crippen LogP contribution in [0.2, 0.25) is 0 Å². The van der Waals surface area contributed by atoms with Crippen LogP contribution < -0.4 is 0 Å². The van der Waals surface area contributed by atoms with Crippen molar-refractivity contribution in [2.24, 2.45) is 0 Å². The number of allylic oxidation sites excluding steroid dienone is 4. The van der Waals surface area contributed by atoms with Crippen LogP contribution in [0, 0.1) is 25.2 Å². The summed E-state index contributed by atoms with van der Waals surface area (Å²) in [5.74, 6) is 1.76. The molecule has 0 aliphatic heterocycles. The lowest BCUT2D eigenvalue weighted by Crippen LogP contribution is -2.07. The molecule has 6 nitrogen and oxygen atoms in total. The first kappa shape index (κ1) is 43.4. The average Bonchev–Trinajstić information content (AvgIpc) is 3.96. The summed E-state index contributed by atoms with van der Waals surface area (Å²) in [6.07, 6.45) is 27.0. The molecule has 9 aromatic rings. The Morgan fingerprint density at radius 1 is 0.389 bits per heavy atom. The molecule has 0 amide bonds. The molecule has 0 atom stereocenters. The minimum Gasteiger partial charge on any atom is -0.309 e. The van der Waals surface area contributed by atoms with Crippen LogP contribution in [-0.4, -0.2) is 24.1 Å². The van der Waals surface area contributed by atoms with Crippen molar-refractivity contribution < 1.29 is 0 Å². The minimum absolute atomic E-state index is 0.574. The Morgan fingerprint density at radius 2 is 0.764 bits per heavy atom. The molecule has 0 bridgehead atoms. The van der Waals surface area contributed by atoms with E-state index in [0.717, 1.165) is 102 Å². The normalized spacial score (nSPS) is 14.1. The van der Waals surface area contributed by atoms with Crippen molar-refractivity contribution in [2.45, 2.75) is 65.2 Å². The van der Waals surface area contributed by atoms with Gasteiger partial charge in [0.05, 0.1) is 23.0 Å². The van der Waals surface area contributed by atoms with Crippen LogP contribution in [-0.2, 0) is 25.7 Å². The van der Waals surface area contributed by atoms with Gasteiger partial charge >= 0.3 is 0 Å². The first-order valence-electron chi connectivity index (χ1n) is 25.5. The molecule has 3 aromatic heterocycles. The van der Waals surface area contributed by atoms with Crippen LogP contribution >= 0.6 is 0 Å². The van der Waals surface area contributed by atoms with Crippen molar-refractivity contribution in [3.8, 4) is 85.0 Å². The summed E-state index contributed by atoms with van der Waals surface area (Å²) in [5, 5.41) is 9.81. The quantitative estimate of drug-likeness (QED) is 0.152. The molecule has 0 fully saturated rings. The fourth-order valence-electron chi connectivity index (χ4n) is 11.6. The molecule has 6 aromatic carbocycles. The Hall–Kier alpha value is -8.66. The summed E-state index contributed by atoms with van der Waals surface area (Å²) in [5.41, 5.74) is 25.4. The maximum absolute atomic E-state index is 9.81. The fourth-order valence-corrected chi connectivity index (χ4v) is 11.6. The molecule has 3 heterocycles. The number of nitriles is 1. The van der Waals surface area contributed by atoms with Gasteiger partial charge in [0.25, 0.3) is 0 Å². The van der Waals surface area contributed by atoms with Gasteiger partial charge in [-0.3, -0.25) is 0 Å². The van der Waals surface area contributed by atoms with Gasteiger partial charge < -0.3 is 9.13 Å². The lowest BCUT2D eigenvalue weighted by molar-refractivity contribution is 0.922. The topological polar surface area (TPSA) is 72.3 Å². The molecule has 72 heavy (non-hydrogen) atoms. The highest BCUT2D eigenvalue weighted by atomic mass is 15.1. The zero-order valence-corrected chi connectivity index (χ0v) is 40.7. The van der Waals surface area contributed by atoms with Gasteiger partial charge in [-0.25, -0.2) is 15.0 Å². The third-order valence-electron chi connectivity index (χ3n) is 15.0. The summed E-state index contributed by atoms with van der Waals surface area (Å²) >= 11 is 0. The molecule has 0 unspecified atom stereocenters. The largest absolute Gasteiger partial charge is 0.309 e. The van der Waals surface area contributed by atoms with Crippen molar-refractivity contribution in [3.63, 3.8) is 0 Å². The smallest absolute Gasteiger partial charge is 0.164 e. The lowest BCUT2D eigenvalue weighted by Gasteiger charge is -2.20. The highest BCUT2D eigenvalue weighted by Gasteiger charge is 2.28. The van der Waals surface area contributed by atoms with Crippen LogP contribution in [0.5, 0.6) is 0 Å². The zero-order chi connectivity index (χ0) is 48.3. The minimum atomic E-state index is 0.574.